The lowest BCUT2D eigenvalue weighted by molar-refractivity contribution is -0.137. The van der Waals surface area contributed by atoms with E-state index in [4.69, 9.17) is 0 Å². The Morgan fingerprint density at radius 2 is 2.14 bits per heavy atom. The highest BCUT2D eigenvalue weighted by molar-refractivity contribution is 5.95. The van der Waals surface area contributed by atoms with E-state index in [1.807, 2.05) is 11.8 Å². The Labute approximate surface area is 168 Å². The van der Waals surface area contributed by atoms with Gasteiger partial charge in [0.05, 0.1) is 28.7 Å². The highest BCUT2D eigenvalue weighted by Crippen LogP contribution is 2.30. The number of carbonyl (C=O) groups is 1. The molecule has 28 heavy (non-hydrogen) atoms. The summed E-state index contributed by atoms with van der Waals surface area (Å²) in [5.74, 6) is -0.124. The molecule has 0 spiro atoms. The van der Waals surface area contributed by atoms with E-state index >= 15 is 0 Å². The van der Waals surface area contributed by atoms with Crippen molar-refractivity contribution in [2.45, 2.75) is 38.9 Å². The second-order valence-corrected chi connectivity index (χ2v) is 6.75. The van der Waals surface area contributed by atoms with E-state index < -0.39 is 11.7 Å². The largest absolute Gasteiger partial charge is 0.416 e. The lowest BCUT2D eigenvalue weighted by atomic mass is 10.1. The standard InChI is InChI=1S/C19H23F3N4O.ClH/c1-3-9-25(16-7-8-23-11-16)18(27)17-12-24-26(13(17)2)15-6-4-5-14(10-15)19(20,21)22;/h4-6,10,12,16,23H,3,7-9,11H2,1-2H3;1H. The van der Waals surface area contributed by atoms with Crippen LogP contribution >= 0.6 is 12.4 Å². The molecule has 1 unspecified atom stereocenters. The van der Waals surface area contributed by atoms with Gasteiger partial charge in [0.2, 0.25) is 0 Å². The third-order valence-corrected chi connectivity index (χ3v) is 4.86. The van der Waals surface area contributed by atoms with Crippen LogP contribution in [-0.2, 0) is 6.18 Å². The van der Waals surface area contributed by atoms with Crippen molar-refractivity contribution in [1.82, 2.24) is 20.0 Å². The highest BCUT2D eigenvalue weighted by Gasteiger charge is 2.31. The zero-order valence-corrected chi connectivity index (χ0v) is 16.6. The first-order chi connectivity index (χ1) is 12.8. The summed E-state index contributed by atoms with van der Waals surface area (Å²) >= 11 is 0. The summed E-state index contributed by atoms with van der Waals surface area (Å²) < 4.78 is 40.3. The van der Waals surface area contributed by atoms with Crippen molar-refractivity contribution in [1.29, 1.82) is 0 Å². The number of benzene rings is 1. The molecule has 1 aliphatic heterocycles. The van der Waals surface area contributed by atoms with Gasteiger partial charge in [0.25, 0.3) is 5.91 Å². The molecule has 5 nitrogen and oxygen atoms in total. The zero-order chi connectivity index (χ0) is 19.6. The number of alkyl halides is 3. The Hall–Kier alpha value is -2.06. The van der Waals surface area contributed by atoms with E-state index in [0.717, 1.165) is 38.1 Å². The molecule has 1 N–H and O–H groups in total. The summed E-state index contributed by atoms with van der Waals surface area (Å²) in [6.07, 6.45) is -1.25. The number of hydrogen-bond donors (Lipinski definition) is 1. The molecule has 0 radical (unpaired) electrons. The molecule has 1 aromatic carbocycles. The van der Waals surface area contributed by atoms with Gasteiger partial charge in [-0.2, -0.15) is 18.3 Å². The van der Waals surface area contributed by atoms with Gasteiger partial charge in [-0.3, -0.25) is 4.79 Å². The first-order valence-electron chi connectivity index (χ1n) is 9.07. The number of amides is 1. The first-order valence-corrected chi connectivity index (χ1v) is 9.07. The summed E-state index contributed by atoms with van der Waals surface area (Å²) in [4.78, 5) is 14.9. The average molecular weight is 417 g/mol. The third-order valence-electron chi connectivity index (χ3n) is 4.86. The van der Waals surface area contributed by atoms with Crippen molar-refractivity contribution in [2.75, 3.05) is 19.6 Å². The lowest BCUT2D eigenvalue weighted by Crippen LogP contribution is -2.42. The molecule has 154 valence electrons. The van der Waals surface area contributed by atoms with Gasteiger partial charge in [-0.25, -0.2) is 4.68 Å². The molecule has 1 saturated heterocycles. The molecule has 1 fully saturated rings. The van der Waals surface area contributed by atoms with Crippen LogP contribution in [0.15, 0.2) is 30.5 Å². The number of nitrogens with zero attached hydrogens (tertiary/aromatic N) is 3. The normalized spacial score (nSPS) is 16.7. The SMILES string of the molecule is CCCN(C(=O)c1cnn(-c2cccc(C(F)(F)F)c2)c1C)C1CCNC1.Cl. The summed E-state index contributed by atoms with van der Waals surface area (Å²) in [5.41, 5.74) is 0.498. The molecule has 1 aliphatic rings. The van der Waals surface area contributed by atoms with Crippen molar-refractivity contribution in [3.8, 4) is 5.69 Å². The maximum Gasteiger partial charge on any atom is 0.416 e. The van der Waals surface area contributed by atoms with Gasteiger partial charge in [0.15, 0.2) is 0 Å². The van der Waals surface area contributed by atoms with Gasteiger partial charge in [0.1, 0.15) is 0 Å². The van der Waals surface area contributed by atoms with E-state index in [-0.39, 0.29) is 30.0 Å². The molecule has 1 atom stereocenters. The second kappa shape index (κ2) is 8.96. The van der Waals surface area contributed by atoms with Crippen molar-refractivity contribution in [2.24, 2.45) is 0 Å². The predicted octanol–water partition coefficient (Wildman–Crippen LogP) is 3.84. The number of hydrogen-bond acceptors (Lipinski definition) is 3. The van der Waals surface area contributed by atoms with Gasteiger partial charge in [-0.15, -0.1) is 12.4 Å². The number of nitrogens with one attached hydrogen (secondary N) is 1. The van der Waals surface area contributed by atoms with Gasteiger partial charge < -0.3 is 10.2 Å². The predicted molar refractivity (Wildman–Crippen MR) is 103 cm³/mol. The van der Waals surface area contributed by atoms with E-state index in [1.165, 1.54) is 16.9 Å². The maximum atomic E-state index is 13.1. The smallest absolute Gasteiger partial charge is 0.334 e. The monoisotopic (exact) mass is 416 g/mol. The molecular weight excluding hydrogens is 393 g/mol. The molecule has 2 heterocycles. The summed E-state index contributed by atoms with van der Waals surface area (Å²) in [6.45, 7) is 5.99. The van der Waals surface area contributed by atoms with Gasteiger partial charge in [-0.05, 0) is 44.5 Å². The number of rotatable bonds is 5. The van der Waals surface area contributed by atoms with Crippen LogP contribution in [0.3, 0.4) is 0 Å². The van der Waals surface area contributed by atoms with Crippen LogP contribution in [0.5, 0.6) is 0 Å². The molecule has 0 bridgehead atoms. The van der Waals surface area contributed by atoms with Crippen LogP contribution in [0.25, 0.3) is 5.69 Å². The quantitative estimate of drug-likeness (QED) is 0.805. The Bertz CT molecular complexity index is 816. The maximum absolute atomic E-state index is 13.1. The first kappa shape index (κ1) is 22.2. The van der Waals surface area contributed by atoms with Crippen LogP contribution in [0.1, 0.15) is 41.4 Å². The van der Waals surface area contributed by atoms with E-state index in [1.54, 1.807) is 13.0 Å². The second-order valence-electron chi connectivity index (χ2n) is 6.75. The number of carbonyl (C=O) groups excluding carboxylic acids is 1. The van der Waals surface area contributed by atoms with Gasteiger partial charge in [0, 0.05) is 19.1 Å². The van der Waals surface area contributed by atoms with Crippen LogP contribution < -0.4 is 5.32 Å². The minimum Gasteiger partial charge on any atom is -0.334 e. The van der Waals surface area contributed by atoms with E-state index in [2.05, 4.69) is 10.4 Å². The van der Waals surface area contributed by atoms with Crippen LogP contribution in [0.2, 0.25) is 0 Å². The molecule has 1 amide bonds. The fraction of sp³-hybridized carbons (Fsp3) is 0.474. The molecule has 3 rings (SSSR count). The zero-order valence-electron chi connectivity index (χ0n) is 15.8. The Morgan fingerprint density at radius 3 is 2.75 bits per heavy atom. The summed E-state index contributed by atoms with van der Waals surface area (Å²) in [6, 6.07) is 5.08. The Kier molecular flexibility index (Phi) is 7.11. The van der Waals surface area contributed by atoms with Gasteiger partial charge >= 0.3 is 6.18 Å². The topological polar surface area (TPSA) is 50.2 Å². The fourth-order valence-corrected chi connectivity index (χ4v) is 3.44. The van der Waals surface area contributed by atoms with Crippen LogP contribution in [0, 0.1) is 6.92 Å². The summed E-state index contributed by atoms with van der Waals surface area (Å²) in [7, 11) is 0. The van der Waals surface area contributed by atoms with Crippen LogP contribution in [-0.4, -0.2) is 46.3 Å². The molecule has 0 saturated carbocycles. The van der Waals surface area contributed by atoms with Crippen molar-refractivity contribution >= 4 is 18.3 Å². The lowest BCUT2D eigenvalue weighted by Gasteiger charge is -2.28. The fourth-order valence-electron chi connectivity index (χ4n) is 3.44. The van der Waals surface area contributed by atoms with Crippen molar-refractivity contribution in [3.05, 3.63) is 47.3 Å². The minimum atomic E-state index is -4.43. The Balaban J connectivity index is 0.00000280. The number of aromatic nitrogens is 2. The minimum absolute atomic E-state index is 0. The molecule has 9 heteroatoms. The van der Waals surface area contributed by atoms with E-state index in [9.17, 15) is 18.0 Å². The Morgan fingerprint density at radius 1 is 1.39 bits per heavy atom. The van der Waals surface area contributed by atoms with Crippen molar-refractivity contribution < 1.29 is 18.0 Å². The molecule has 0 aliphatic carbocycles. The van der Waals surface area contributed by atoms with Gasteiger partial charge in [-0.1, -0.05) is 13.0 Å². The molecule has 1 aromatic heterocycles. The van der Waals surface area contributed by atoms with Crippen molar-refractivity contribution in [3.63, 3.8) is 0 Å². The summed E-state index contributed by atoms with van der Waals surface area (Å²) in [5, 5.41) is 7.45. The molecular formula is C19H24ClF3N4O. The van der Waals surface area contributed by atoms with Crippen LogP contribution in [0.4, 0.5) is 13.2 Å². The van der Waals surface area contributed by atoms with E-state index in [0.29, 0.717) is 17.8 Å². The number of halogens is 4. The molecule has 2 aromatic rings. The highest BCUT2D eigenvalue weighted by atomic mass is 35.5. The average Bonchev–Trinajstić information content (AvgIpc) is 3.28. The third kappa shape index (κ3) is 4.50.